The zero-order valence-electron chi connectivity index (χ0n) is 25.9. The molecule has 232 valence electrons. The molecule has 4 atom stereocenters. The van der Waals surface area contributed by atoms with Gasteiger partial charge in [-0.1, -0.05) is 49.4 Å². The van der Waals surface area contributed by atoms with Crippen LogP contribution in [0.25, 0.3) is 6.08 Å². The van der Waals surface area contributed by atoms with Crippen molar-refractivity contribution in [2.75, 3.05) is 26.1 Å². The van der Waals surface area contributed by atoms with Gasteiger partial charge in [-0.15, -0.1) is 0 Å². The molecule has 0 saturated carbocycles. The van der Waals surface area contributed by atoms with Crippen LogP contribution in [0.5, 0.6) is 17.2 Å². The van der Waals surface area contributed by atoms with Gasteiger partial charge in [0.15, 0.2) is 11.6 Å². The Balaban J connectivity index is 1.48. The summed E-state index contributed by atoms with van der Waals surface area (Å²) in [5.41, 5.74) is 2.39. The lowest BCUT2D eigenvalue weighted by Crippen LogP contribution is -2.49. The summed E-state index contributed by atoms with van der Waals surface area (Å²) in [5, 5.41) is 3.09. The number of ether oxygens (including phenoxy) is 3. The number of Topliss-reactive ketones (excluding diaryl/α,β-unsaturated/α-hetero) is 2. The van der Waals surface area contributed by atoms with Crippen LogP contribution in [0.3, 0.4) is 0 Å². The molecule has 0 bridgehead atoms. The van der Waals surface area contributed by atoms with E-state index in [0.717, 1.165) is 17.5 Å². The summed E-state index contributed by atoms with van der Waals surface area (Å²) in [5.74, 6) is -0.547. The number of carbonyl (C=O) groups is 3. The summed E-state index contributed by atoms with van der Waals surface area (Å²) in [4.78, 5) is 46.6. The van der Waals surface area contributed by atoms with Crippen LogP contribution in [-0.2, 0) is 10.2 Å². The summed E-state index contributed by atoms with van der Waals surface area (Å²) in [6.45, 7) is 2.58. The first-order chi connectivity index (χ1) is 22.4. The molecule has 0 aliphatic carbocycles. The zero-order chi connectivity index (χ0) is 32.0. The molecule has 3 aliphatic rings. The van der Waals surface area contributed by atoms with Crippen LogP contribution in [0.4, 0.5) is 5.69 Å². The van der Waals surface area contributed by atoms with Crippen LogP contribution in [0.15, 0.2) is 97.2 Å². The molecule has 0 unspecified atom stereocenters. The lowest BCUT2D eigenvalue weighted by Gasteiger charge is -2.38. The van der Waals surface area contributed by atoms with E-state index >= 15 is 4.79 Å². The van der Waals surface area contributed by atoms with Crippen LogP contribution >= 0.6 is 0 Å². The molecule has 8 nitrogen and oxygen atoms in total. The number of carbonyl (C=O) groups excluding carboxylic acids is 3. The van der Waals surface area contributed by atoms with E-state index in [-0.39, 0.29) is 17.5 Å². The molecule has 3 heterocycles. The van der Waals surface area contributed by atoms with Gasteiger partial charge in [0, 0.05) is 23.5 Å². The number of rotatable bonds is 9. The monoisotopic (exact) mass is 614 g/mol. The number of para-hydroxylation sites is 1. The zero-order valence-corrected chi connectivity index (χ0v) is 25.9. The van der Waals surface area contributed by atoms with E-state index < -0.39 is 23.4 Å². The lowest BCUT2D eigenvalue weighted by atomic mass is 9.62. The molecule has 8 heteroatoms. The standard InChI is InChI=1S/C38H34N2O6/c1-4-21-46-25-15-13-24(14-16-25)34(41)32-33(35(42)28-18-17-26(44-2)22-31(28)45-3)40-20-19-23-9-5-6-10-27(23)36(40)38(32)29-11-7-8-12-30(29)39-37(38)43/h5-20,22,32-33,36H,4,21H2,1-3H3,(H,39,43)/t32-,33+,36-,38+/m0/s1. The van der Waals surface area contributed by atoms with Crippen LogP contribution < -0.4 is 19.5 Å². The SMILES string of the molecule is CCCOc1ccc(C(=O)[C@@H]2[C@H](C(=O)c3ccc(OC)cc3OC)N3C=Cc4ccccc4[C@H]3[C@]23C(=O)Nc2ccccc23)cc1. The first-order valence-corrected chi connectivity index (χ1v) is 15.4. The lowest BCUT2D eigenvalue weighted by molar-refractivity contribution is -0.122. The van der Waals surface area contributed by atoms with Gasteiger partial charge in [-0.3, -0.25) is 14.4 Å². The summed E-state index contributed by atoms with van der Waals surface area (Å²) >= 11 is 0. The Labute approximate surface area is 267 Å². The normalized spacial score (nSPS) is 22.1. The highest BCUT2D eigenvalue weighted by atomic mass is 16.5. The first kappa shape index (κ1) is 29.3. The number of hydrogen-bond acceptors (Lipinski definition) is 7. The third kappa shape index (κ3) is 4.31. The fourth-order valence-corrected chi connectivity index (χ4v) is 7.44. The Kier molecular flexibility index (Phi) is 7.35. The van der Waals surface area contributed by atoms with E-state index in [2.05, 4.69) is 5.32 Å². The molecule has 0 aromatic heterocycles. The second-order valence-corrected chi connectivity index (χ2v) is 11.8. The minimum absolute atomic E-state index is 0.296. The van der Waals surface area contributed by atoms with Crippen molar-refractivity contribution in [1.29, 1.82) is 0 Å². The summed E-state index contributed by atoms with van der Waals surface area (Å²) < 4.78 is 16.8. The highest BCUT2D eigenvalue weighted by Gasteiger charge is 2.70. The maximum Gasteiger partial charge on any atom is 0.238 e. The third-order valence-corrected chi connectivity index (χ3v) is 9.41. The topological polar surface area (TPSA) is 94.2 Å². The quantitative estimate of drug-likeness (QED) is 0.216. The summed E-state index contributed by atoms with van der Waals surface area (Å²) in [6.07, 6.45) is 4.65. The van der Waals surface area contributed by atoms with Gasteiger partial charge < -0.3 is 24.4 Å². The molecule has 7 rings (SSSR count). The Morgan fingerprint density at radius 2 is 1.61 bits per heavy atom. The predicted molar refractivity (Wildman–Crippen MR) is 175 cm³/mol. The van der Waals surface area contributed by atoms with Crippen molar-refractivity contribution in [3.05, 3.63) is 125 Å². The van der Waals surface area contributed by atoms with Gasteiger partial charge in [0.25, 0.3) is 0 Å². The van der Waals surface area contributed by atoms with E-state index in [0.29, 0.717) is 46.2 Å². The Morgan fingerprint density at radius 1 is 0.870 bits per heavy atom. The number of ketones is 2. The third-order valence-electron chi connectivity index (χ3n) is 9.41. The average molecular weight is 615 g/mol. The molecule has 1 saturated heterocycles. The van der Waals surface area contributed by atoms with Gasteiger partial charge in [0.2, 0.25) is 5.91 Å². The fourth-order valence-electron chi connectivity index (χ4n) is 7.44. The number of amides is 1. The van der Waals surface area contributed by atoms with Crippen molar-refractivity contribution in [3.63, 3.8) is 0 Å². The molecule has 1 spiro atoms. The second kappa shape index (κ2) is 11.5. The molecular weight excluding hydrogens is 580 g/mol. The molecule has 46 heavy (non-hydrogen) atoms. The van der Waals surface area contributed by atoms with E-state index in [1.807, 2.05) is 72.6 Å². The number of benzene rings is 4. The number of anilines is 1. The highest BCUT2D eigenvalue weighted by Crippen LogP contribution is 2.62. The van der Waals surface area contributed by atoms with Gasteiger partial charge in [0.1, 0.15) is 28.7 Å². The molecular formula is C38H34N2O6. The molecule has 1 amide bonds. The van der Waals surface area contributed by atoms with Crippen LogP contribution in [0.2, 0.25) is 0 Å². The van der Waals surface area contributed by atoms with E-state index in [9.17, 15) is 9.59 Å². The van der Waals surface area contributed by atoms with Crippen molar-refractivity contribution in [3.8, 4) is 17.2 Å². The molecule has 4 aromatic rings. The molecule has 0 radical (unpaired) electrons. The van der Waals surface area contributed by atoms with Crippen LogP contribution in [0, 0.1) is 5.92 Å². The van der Waals surface area contributed by atoms with Gasteiger partial charge in [0.05, 0.1) is 38.3 Å². The van der Waals surface area contributed by atoms with Gasteiger partial charge in [-0.25, -0.2) is 0 Å². The largest absolute Gasteiger partial charge is 0.497 e. The molecule has 3 aliphatic heterocycles. The maximum absolute atomic E-state index is 15.1. The van der Waals surface area contributed by atoms with E-state index in [4.69, 9.17) is 14.2 Å². The number of nitrogens with one attached hydrogen (secondary N) is 1. The first-order valence-electron chi connectivity index (χ1n) is 15.4. The number of fused-ring (bicyclic) bond motifs is 6. The van der Waals surface area contributed by atoms with E-state index in [1.165, 1.54) is 7.11 Å². The predicted octanol–water partition coefficient (Wildman–Crippen LogP) is 6.47. The fraction of sp³-hybridized carbons (Fsp3) is 0.237. The smallest absolute Gasteiger partial charge is 0.238 e. The Bertz CT molecular complexity index is 1880. The number of hydrogen-bond donors (Lipinski definition) is 1. The summed E-state index contributed by atoms with van der Waals surface area (Å²) in [6, 6.07) is 25.6. The number of methoxy groups -OCH3 is 2. The molecule has 1 fully saturated rings. The minimum atomic E-state index is -1.42. The molecule has 1 N–H and O–H groups in total. The van der Waals surface area contributed by atoms with Gasteiger partial charge in [-0.05, 0) is 71.7 Å². The van der Waals surface area contributed by atoms with Gasteiger partial charge >= 0.3 is 0 Å². The van der Waals surface area contributed by atoms with Crippen molar-refractivity contribution in [1.82, 2.24) is 4.90 Å². The highest BCUT2D eigenvalue weighted by molar-refractivity contribution is 6.17. The average Bonchev–Trinajstić information content (AvgIpc) is 3.58. The van der Waals surface area contributed by atoms with Crippen molar-refractivity contribution >= 4 is 29.2 Å². The Hall–Kier alpha value is -5.37. The second-order valence-electron chi connectivity index (χ2n) is 11.8. The van der Waals surface area contributed by atoms with Crippen molar-refractivity contribution in [2.24, 2.45) is 5.92 Å². The van der Waals surface area contributed by atoms with Crippen LogP contribution in [0.1, 0.15) is 56.8 Å². The minimum Gasteiger partial charge on any atom is -0.497 e. The Morgan fingerprint density at radius 3 is 2.37 bits per heavy atom. The number of nitrogens with zero attached hydrogens (tertiary/aromatic N) is 1. The van der Waals surface area contributed by atoms with Crippen molar-refractivity contribution < 1.29 is 28.6 Å². The van der Waals surface area contributed by atoms with Crippen molar-refractivity contribution in [2.45, 2.75) is 30.8 Å². The van der Waals surface area contributed by atoms with Gasteiger partial charge in [-0.2, -0.15) is 0 Å². The van der Waals surface area contributed by atoms with E-state index in [1.54, 1.807) is 49.6 Å². The summed E-state index contributed by atoms with van der Waals surface area (Å²) in [7, 11) is 3.04. The maximum atomic E-state index is 15.1. The molecule has 4 aromatic carbocycles. The van der Waals surface area contributed by atoms with Crippen LogP contribution in [-0.4, -0.2) is 49.2 Å².